The topological polar surface area (TPSA) is 64.6 Å². The molecule has 5 nitrogen and oxygen atoms in total. The van der Waals surface area contributed by atoms with E-state index < -0.39 is 0 Å². The van der Waals surface area contributed by atoms with E-state index in [-0.39, 0.29) is 12.6 Å². The summed E-state index contributed by atoms with van der Waals surface area (Å²) >= 11 is 0. The molecule has 5 heteroatoms. The summed E-state index contributed by atoms with van der Waals surface area (Å²) in [5.74, 6) is 0.802. The molecule has 2 rings (SSSR count). The highest BCUT2D eigenvalue weighted by Gasteiger charge is 2.22. The van der Waals surface area contributed by atoms with E-state index >= 15 is 0 Å². The van der Waals surface area contributed by atoms with Gasteiger partial charge in [0, 0.05) is 38.5 Å². The van der Waals surface area contributed by atoms with Crippen molar-refractivity contribution in [3.63, 3.8) is 0 Å². The third-order valence-electron chi connectivity index (χ3n) is 4.19. The lowest BCUT2D eigenvalue weighted by Gasteiger charge is -2.19. The molecule has 2 atom stereocenters. The van der Waals surface area contributed by atoms with Crippen molar-refractivity contribution in [3.05, 3.63) is 30.3 Å². The van der Waals surface area contributed by atoms with Crippen LogP contribution in [0.15, 0.2) is 30.3 Å². The molecule has 0 bridgehead atoms. The number of amides is 2. The number of rotatable bonds is 7. The molecular formula is C17H27N3O2. The number of aliphatic hydroxyl groups excluding tert-OH is 1. The quantitative estimate of drug-likeness (QED) is 0.720. The summed E-state index contributed by atoms with van der Waals surface area (Å²) in [6, 6.07) is 10.3. The van der Waals surface area contributed by atoms with Crippen LogP contribution in [0.1, 0.15) is 19.8 Å². The molecule has 0 radical (unpaired) electrons. The minimum atomic E-state index is -0.108. The minimum absolute atomic E-state index is 0.108. The molecule has 1 fully saturated rings. The fourth-order valence-corrected chi connectivity index (χ4v) is 2.76. The van der Waals surface area contributed by atoms with E-state index in [2.05, 4.69) is 39.8 Å². The van der Waals surface area contributed by atoms with Crippen molar-refractivity contribution in [1.82, 2.24) is 10.6 Å². The van der Waals surface area contributed by atoms with Gasteiger partial charge < -0.3 is 20.6 Å². The Labute approximate surface area is 132 Å². The predicted octanol–water partition coefficient (Wildman–Crippen LogP) is 1.83. The number of anilines is 1. The number of hydrogen-bond donors (Lipinski definition) is 3. The highest BCUT2D eigenvalue weighted by molar-refractivity contribution is 5.73. The predicted molar refractivity (Wildman–Crippen MR) is 89.0 cm³/mol. The van der Waals surface area contributed by atoms with Crippen LogP contribution in [0.4, 0.5) is 10.5 Å². The van der Waals surface area contributed by atoms with E-state index in [1.54, 1.807) is 0 Å². The smallest absolute Gasteiger partial charge is 0.314 e. The van der Waals surface area contributed by atoms with E-state index in [1.807, 2.05) is 13.0 Å². The fraction of sp³-hybridized carbons (Fsp3) is 0.588. The Hall–Kier alpha value is -1.75. The highest BCUT2D eigenvalue weighted by Crippen LogP contribution is 2.22. The number of carbonyl (C=O) groups is 1. The van der Waals surface area contributed by atoms with Gasteiger partial charge in [0.2, 0.25) is 0 Å². The van der Waals surface area contributed by atoms with Gasteiger partial charge in [-0.3, -0.25) is 0 Å². The first-order valence-electron chi connectivity index (χ1n) is 8.11. The first-order chi connectivity index (χ1) is 10.7. The molecule has 22 heavy (non-hydrogen) atoms. The summed E-state index contributed by atoms with van der Waals surface area (Å²) in [6.07, 6.45) is 1.82. The normalized spacial score (nSPS) is 19.0. The number of hydrogen-bond acceptors (Lipinski definition) is 3. The molecule has 1 saturated heterocycles. The van der Waals surface area contributed by atoms with Gasteiger partial charge in [-0.05, 0) is 36.8 Å². The Morgan fingerprint density at radius 1 is 1.36 bits per heavy atom. The molecule has 0 aromatic heterocycles. The monoisotopic (exact) mass is 305 g/mol. The molecule has 0 aliphatic carbocycles. The first-order valence-corrected chi connectivity index (χ1v) is 8.11. The van der Waals surface area contributed by atoms with Gasteiger partial charge in [0.25, 0.3) is 0 Å². The zero-order valence-electron chi connectivity index (χ0n) is 13.3. The third kappa shape index (κ3) is 5.22. The molecule has 2 amide bonds. The highest BCUT2D eigenvalue weighted by atomic mass is 16.3. The SMILES string of the molecule is CC(CCO)CNC(=O)NCC1CCN(c2ccccc2)C1. The van der Waals surface area contributed by atoms with Gasteiger partial charge in [-0.15, -0.1) is 0 Å². The van der Waals surface area contributed by atoms with Crippen LogP contribution in [-0.2, 0) is 0 Å². The zero-order valence-corrected chi connectivity index (χ0v) is 13.3. The van der Waals surface area contributed by atoms with Crippen molar-refractivity contribution in [1.29, 1.82) is 0 Å². The van der Waals surface area contributed by atoms with E-state index in [4.69, 9.17) is 5.11 Å². The summed E-state index contributed by atoms with van der Waals surface area (Å²) in [4.78, 5) is 14.1. The summed E-state index contributed by atoms with van der Waals surface area (Å²) in [5, 5.41) is 14.6. The van der Waals surface area contributed by atoms with Crippen LogP contribution < -0.4 is 15.5 Å². The van der Waals surface area contributed by atoms with E-state index in [0.29, 0.717) is 24.9 Å². The Morgan fingerprint density at radius 3 is 2.86 bits per heavy atom. The van der Waals surface area contributed by atoms with Gasteiger partial charge >= 0.3 is 6.03 Å². The Bertz CT molecular complexity index is 452. The molecule has 1 aromatic carbocycles. The van der Waals surface area contributed by atoms with Crippen LogP contribution in [0.3, 0.4) is 0 Å². The lowest BCUT2D eigenvalue weighted by Crippen LogP contribution is -2.40. The zero-order chi connectivity index (χ0) is 15.8. The maximum Gasteiger partial charge on any atom is 0.314 e. The third-order valence-corrected chi connectivity index (χ3v) is 4.19. The molecule has 1 aromatic rings. The van der Waals surface area contributed by atoms with Crippen molar-refractivity contribution in [2.45, 2.75) is 19.8 Å². The second-order valence-corrected chi connectivity index (χ2v) is 6.14. The van der Waals surface area contributed by atoms with Crippen LogP contribution in [0.5, 0.6) is 0 Å². The van der Waals surface area contributed by atoms with Crippen molar-refractivity contribution >= 4 is 11.7 Å². The number of carbonyl (C=O) groups excluding carboxylic acids is 1. The van der Waals surface area contributed by atoms with Crippen molar-refractivity contribution in [2.24, 2.45) is 11.8 Å². The molecular weight excluding hydrogens is 278 g/mol. The number of urea groups is 1. The number of para-hydroxylation sites is 1. The van der Waals surface area contributed by atoms with E-state index in [9.17, 15) is 4.79 Å². The lowest BCUT2D eigenvalue weighted by atomic mass is 10.1. The van der Waals surface area contributed by atoms with Crippen LogP contribution in [0.2, 0.25) is 0 Å². The van der Waals surface area contributed by atoms with Crippen LogP contribution in [0, 0.1) is 11.8 Å². The lowest BCUT2D eigenvalue weighted by molar-refractivity contribution is 0.232. The minimum Gasteiger partial charge on any atom is -0.396 e. The Kier molecular flexibility index (Phi) is 6.52. The van der Waals surface area contributed by atoms with Crippen molar-refractivity contribution < 1.29 is 9.90 Å². The van der Waals surface area contributed by atoms with Crippen LogP contribution in [-0.4, -0.2) is 43.9 Å². The van der Waals surface area contributed by atoms with Gasteiger partial charge in [-0.2, -0.15) is 0 Å². The Morgan fingerprint density at radius 2 is 2.14 bits per heavy atom. The summed E-state index contributed by atoms with van der Waals surface area (Å²) in [7, 11) is 0. The molecule has 0 saturated carbocycles. The first kappa shape index (κ1) is 16.6. The molecule has 2 unspecified atom stereocenters. The Balaban J connectivity index is 1.65. The second-order valence-electron chi connectivity index (χ2n) is 6.14. The summed E-state index contributed by atoms with van der Waals surface area (Å²) in [6.45, 7) is 5.54. The van der Waals surface area contributed by atoms with Gasteiger partial charge in [0.15, 0.2) is 0 Å². The molecule has 0 spiro atoms. The molecule has 122 valence electrons. The van der Waals surface area contributed by atoms with Crippen molar-refractivity contribution in [3.8, 4) is 0 Å². The summed E-state index contributed by atoms with van der Waals surface area (Å²) in [5.41, 5.74) is 1.26. The maximum absolute atomic E-state index is 11.8. The maximum atomic E-state index is 11.8. The van der Waals surface area contributed by atoms with Crippen LogP contribution >= 0.6 is 0 Å². The van der Waals surface area contributed by atoms with Crippen molar-refractivity contribution in [2.75, 3.05) is 37.7 Å². The van der Waals surface area contributed by atoms with Gasteiger partial charge in [-0.1, -0.05) is 25.1 Å². The number of nitrogens with one attached hydrogen (secondary N) is 2. The fourth-order valence-electron chi connectivity index (χ4n) is 2.76. The number of benzene rings is 1. The van der Waals surface area contributed by atoms with Crippen LogP contribution in [0.25, 0.3) is 0 Å². The van der Waals surface area contributed by atoms with E-state index in [1.165, 1.54) is 5.69 Å². The number of aliphatic hydroxyl groups is 1. The largest absolute Gasteiger partial charge is 0.396 e. The van der Waals surface area contributed by atoms with Gasteiger partial charge in [0.05, 0.1) is 0 Å². The van der Waals surface area contributed by atoms with E-state index in [0.717, 1.165) is 25.9 Å². The molecule has 1 aliphatic heterocycles. The van der Waals surface area contributed by atoms with Gasteiger partial charge in [0.1, 0.15) is 0 Å². The molecule has 1 aliphatic rings. The second kappa shape index (κ2) is 8.63. The molecule has 3 N–H and O–H groups in total. The number of nitrogens with zero attached hydrogens (tertiary/aromatic N) is 1. The molecule has 1 heterocycles. The average Bonchev–Trinajstić information content (AvgIpc) is 3.01. The standard InChI is InChI=1S/C17H27N3O2/c1-14(8-10-21)11-18-17(22)19-12-15-7-9-20(13-15)16-5-3-2-4-6-16/h2-6,14-15,21H,7-13H2,1H3,(H2,18,19,22). The summed E-state index contributed by atoms with van der Waals surface area (Å²) < 4.78 is 0. The van der Waals surface area contributed by atoms with Gasteiger partial charge in [-0.25, -0.2) is 4.79 Å². The average molecular weight is 305 g/mol.